The number of nitrogens with two attached hydrogens (primary N) is 1. The summed E-state index contributed by atoms with van der Waals surface area (Å²) in [5.74, 6) is 0.664. The summed E-state index contributed by atoms with van der Waals surface area (Å²) in [6, 6.07) is 3.66. The number of nitrogen functional groups attached to an aromatic ring is 1. The molecule has 1 aliphatic rings. The van der Waals surface area contributed by atoms with Crippen LogP contribution in [0.25, 0.3) is 0 Å². The molecule has 0 spiro atoms. The number of aromatic nitrogens is 1. The molecule has 0 unspecified atom stereocenters. The maximum atomic E-state index is 11.2. The van der Waals surface area contributed by atoms with Crippen LogP contribution < -0.4 is 5.73 Å². The molecule has 1 aromatic heterocycles. The van der Waals surface area contributed by atoms with Gasteiger partial charge >= 0.3 is 5.97 Å². The molecule has 0 aromatic carbocycles. The van der Waals surface area contributed by atoms with Crippen LogP contribution in [0.3, 0.4) is 0 Å². The van der Waals surface area contributed by atoms with Crippen LogP contribution in [0, 0.1) is 5.92 Å². The van der Waals surface area contributed by atoms with E-state index < -0.39 is 0 Å². The van der Waals surface area contributed by atoms with Gasteiger partial charge in [0.1, 0.15) is 5.82 Å². The number of nitrogens with zero attached hydrogens (tertiary/aromatic N) is 1. The Morgan fingerprint density at radius 1 is 1.64 bits per heavy atom. The Kier molecular flexibility index (Phi) is 2.11. The number of methoxy groups -OCH3 is 1. The lowest BCUT2D eigenvalue weighted by Crippen LogP contribution is -2.04. The van der Waals surface area contributed by atoms with Crippen LogP contribution in [0.15, 0.2) is 18.3 Å². The fourth-order valence-corrected chi connectivity index (χ4v) is 1.61. The van der Waals surface area contributed by atoms with E-state index in [0.29, 0.717) is 5.82 Å². The molecule has 74 valence electrons. The van der Waals surface area contributed by atoms with E-state index in [-0.39, 0.29) is 17.8 Å². The number of pyridine rings is 1. The van der Waals surface area contributed by atoms with Crippen molar-refractivity contribution in [2.24, 2.45) is 5.92 Å². The van der Waals surface area contributed by atoms with Crippen molar-refractivity contribution in [1.29, 1.82) is 0 Å². The lowest BCUT2D eigenvalue weighted by atomic mass is 10.1. The summed E-state index contributed by atoms with van der Waals surface area (Å²) >= 11 is 0. The highest BCUT2D eigenvalue weighted by Gasteiger charge is 2.44. The minimum atomic E-state index is -0.133. The number of rotatable bonds is 2. The zero-order chi connectivity index (χ0) is 10.1. The van der Waals surface area contributed by atoms with Gasteiger partial charge in [0.2, 0.25) is 0 Å². The first-order valence-corrected chi connectivity index (χ1v) is 4.51. The van der Waals surface area contributed by atoms with Crippen LogP contribution in [-0.4, -0.2) is 18.1 Å². The average Bonchev–Trinajstić information content (AvgIpc) is 2.98. The first-order valence-electron chi connectivity index (χ1n) is 4.51. The van der Waals surface area contributed by atoms with Crippen LogP contribution in [0.4, 0.5) is 5.82 Å². The van der Waals surface area contributed by atoms with Gasteiger partial charge in [-0.1, -0.05) is 6.07 Å². The molecule has 4 nitrogen and oxygen atoms in total. The summed E-state index contributed by atoms with van der Waals surface area (Å²) < 4.78 is 4.67. The zero-order valence-electron chi connectivity index (χ0n) is 7.93. The second-order valence-electron chi connectivity index (χ2n) is 3.49. The topological polar surface area (TPSA) is 65.2 Å². The number of carbonyl (C=O) groups is 1. The predicted molar refractivity (Wildman–Crippen MR) is 51.5 cm³/mol. The van der Waals surface area contributed by atoms with Crippen molar-refractivity contribution in [1.82, 2.24) is 4.98 Å². The lowest BCUT2D eigenvalue weighted by Gasteiger charge is -1.99. The van der Waals surface area contributed by atoms with Gasteiger partial charge < -0.3 is 10.5 Å². The van der Waals surface area contributed by atoms with Crippen LogP contribution in [0.2, 0.25) is 0 Å². The predicted octanol–water partition coefficient (Wildman–Crippen LogP) is 0.940. The van der Waals surface area contributed by atoms with Crippen LogP contribution in [0.1, 0.15) is 17.9 Å². The van der Waals surface area contributed by atoms with Crippen molar-refractivity contribution < 1.29 is 9.53 Å². The molecule has 0 radical (unpaired) electrons. The molecule has 1 fully saturated rings. The molecule has 1 heterocycles. The Balaban J connectivity index is 2.06. The van der Waals surface area contributed by atoms with Crippen LogP contribution >= 0.6 is 0 Å². The highest BCUT2D eigenvalue weighted by molar-refractivity contribution is 5.77. The van der Waals surface area contributed by atoms with E-state index in [4.69, 9.17) is 5.73 Å². The molecule has 0 amide bonds. The highest BCUT2D eigenvalue weighted by atomic mass is 16.5. The van der Waals surface area contributed by atoms with E-state index in [1.165, 1.54) is 7.11 Å². The Morgan fingerprint density at radius 2 is 2.43 bits per heavy atom. The Labute approximate surface area is 82.1 Å². The minimum Gasteiger partial charge on any atom is -0.469 e. The lowest BCUT2D eigenvalue weighted by molar-refractivity contribution is -0.142. The maximum absolute atomic E-state index is 11.2. The summed E-state index contributed by atoms with van der Waals surface area (Å²) in [7, 11) is 1.42. The van der Waals surface area contributed by atoms with Crippen LogP contribution in [0.5, 0.6) is 0 Å². The number of hydrogen-bond acceptors (Lipinski definition) is 4. The van der Waals surface area contributed by atoms with Crippen molar-refractivity contribution in [2.45, 2.75) is 12.3 Å². The third-order valence-corrected chi connectivity index (χ3v) is 2.53. The molecule has 2 atom stereocenters. The molecule has 0 saturated heterocycles. The average molecular weight is 192 g/mol. The molecule has 1 aromatic rings. The summed E-state index contributed by atoms with van der Waals surface area (Å²) in [6.07, 6.45) is 2.58. The van der Waals surface area contributed by atoms with Crippen molar-refractivity contribution >= 4 is 11.8 Å². The number of carbonyl (C=O) groups excluding carboxylic acids is 1. The minimum absolute atomic E-state index is 0.0189. The molecule has 2 rings (SSSR count). The third kappa shape index (κ3) is 1.55. The van der Waals surface area contributed by atoms with Gasteiger partial charge in [-0.2, -0.15) is 0 Å². The SMILES string of the molecule is COC(=O)[C@@H]1C[C@H]1c1ccc(N)nc1. The number of hydrogen-bond donors (Lipinski definition) is 1. The normalized spacial score (nSPS) is 24.4. The zero-order valence-corrected chi connectivity index (χ0v) is 7.93. The molecule has 2 N–H and O–H groups in total. The van der Waals surface area contributed by atoms with Crippen molar-refractivity contribution in [3.8, 4) is 0 Å². The van der Waals surface area contributed by atoms with Crippen molar-refractivity contribution in [2.75, 3.05) is 12.8 Å². The number of ether oxygens (including phenoxy) is 1. The van der Waals surface area contributed by atoms with E-state index in [9.17, 15) is 4.79 Å². The van der Waals surface area contributed by atoms with Gasteiger partial charge in [-0.3, -0.25) is 4.79 Å². The summed E-state index contributed by atoms with van der Waals surface area (Å²) in [5.41, 5.74) is 6.53. The second kappa shape index (κ2) is 3.29. The van der Waals surface area contributed by atoms with E-state index in [1.807, 2.05) is 6.07 Å². The molecule has 4 heteroatoms. The van der Waals surface area contributed by atoms with E-state index in [2.05, 4.69) is 9.72 Å². The molecule has 1 aliphatic carbocycles. The fourth-order valence-electron chi connectivity index (χ4n) is 1.61. The second-order valence-corrected chi connectivity index (χ2v) is 3.49. The molecule has 0 aliphatic heterocycles. The molecule has 1 saturated carbocycles. The molecular weight excluding hydrogens is 180 g/mol. The number of anilines is 1. The highest BCUT2D eigenvalue weighted by Crippen LogP contribution is 2.47. The fraction of sp³-hybridized carbons (Fsp3) is 0.400. The van der Waals surface area contributed by atoms with Gasteiger partial charge in [-0.05, 0) is 24.0 Å². The van der Waals surface area contributed by atoms with E-state index in [1.54, 1.807) is 12.3 Å². The van der Waals surface area contributed by atoms with Crippen molar-refractivity contribution in [3.63, 3.8) is 0 Å². The summed E-state index contributed by atoms with van der Waals surface area (Å²) in [4.78, 5) is 15.1. The van der Waals surface area contributed by atoms with Gasteiger partial charge in [0.15, 0.2) is 0 Å². The standard InChI is InChI=1S/C10H12N2O2/c1-14-10(13)8-4-7(8)6-2-3-9(11)12-5-6/h2-3,5,7-8H,4H2,1H3,(H2,11,12)/t7-,8+/m0/s1. The molecule has 14 heavy (non-hydrogen) atoms. The largest absolute Gasteiger partial charge is 0.469 e. The molecular formula is C10H12N2O2. The Bertz CT molecular complexity index is 348. The van der Waals surface area contributed by atoms with Crippen molar-refractivity contribution in [3.05, 3.63) is 23.9 Å². The molecule has 0 bridgehead atoms. The van der Waals surface area contributed by atoms with Gasteiger partial charge in [-0.15, -0.1) is 0 Å². The van der Waals surface area contributed by atoms with E-state index >= 15 is 0 Å². The van der Waals surface area contributed by atoms with Gasteiger partial charge in [0.05, 0.1) is 13.0 Å². The summed E-state index contributed by atoms with van der Waals surface area (Å²) in [5, 5.41) is 0. The number of esters is 1. The summed E-state index contributed by atoms with van der Waals surface area (Å²) in [6.45, 7) is 0. The monoisotopic (exact) mass is 192 g/mol. The quantitative estimate of drug-likeness (QED) is 0.708. The smallest absolute Gasteiger partial charge is 0.309 e. The Morgan fingerprint density at radius 3 is 3.00 bits per heavy atom. The third-order valence-electron chi connectivity index (χ3n) is 2.53. The first kappa shape index (κ1) is 8.99. The van der Waals surface area contributed by atoms with Crippen LogP contribution in [-0.2, 0) is 9.53 Å². The van der Waals surface area contributed by atoms with E-state index in [0.717, 1.165) is 12.0 Å². The Hall–Kier alpha value is -1.58. The van der Waals surface area contributed by atoms with Gasteiger partial charge in [0.25, 0.3) is 0 Å². The van der Waals surface area contributed by atoms with Gasteiger partial charge in [-0.25, -0.2) is 4.98 Å². The first-order chi connectivity index (χ1) is 6.72. The maximum Gasteiger partial charge on any atom is 0.309 e. The van der Waals surface area contributed by atoms with Gasteiger partial charge in [0, 0.05) is 6.20 Å².